The predicted octanol–water partition coefficient (Wildman–Crippen LogP) is -0.632. The molecule has 0 aliphatic rings. The van der Waals surface area contributed by atoms with E-state index in [1.54, 1.807) is 0 Å². The molecular formula is C9H24N4. The first-order chi connectivity index (χ1) is 6.24. The Bertz CT molecular complexity index is 86.7. The highest BCUT2D eigenvalue weighted by Crippen LogP contribution is 2.32. The topological polar surface area (TPSA) is 104 Å². The quantitative estimate of drug-likeness (QED) is 0.407. The van der Waals surface area contributed by atoms with Gasteiger partial charge in [-0.15, -0.1) is 0 Å². The maximum absolute atomic E-state index is 5.58. The van der Waals surface area contributed by atoms with Crippen LogP contribution in [0.5, 0.6) is 0 Å². The summed E-state index contributed by atoms with van der Waals surface area (Å²) in [7, 11) is 0. The van der Waals surface area contributed by atoms with E-state index in [4.69, 9.17) is 22.9 Å². The molecule has 13 heavy (non-hydrogen) atoms. The van der Waals surface area contributed by atoms with Crippen LogP contribution in [0.25, 0.3) is 0 Å². The van der Waals surface area contributed by atoms with Crippen molar-refractivity contribution in [3.63, 3.8) is 0 Å². The molecule has 0 aliphatic carbocycles. The molecule has 0 saturated carbocycles. The van der Waals surface area contributed by atoms with Gasteiger partial charge in [-0.3, -0.25) is 0 Å². The molecule has 0 radical (unpaired) electrons. The largest absolute Gasteiger partial charge is 0.330 e. The summed E-state index contributed by atoms with van der Waals surface area (Å²) >= 11 is 0. The molecule has 0 atom stereocenters. The number of hydrogen-bond donors (Lipinski definition) is 4. The molecule has 4 nitrogen and oxygen atoms in total. The summed E-state index contributed by atoms with van der Waals surface area (Å²) in [5, 5.41) is 0. The van der Waals surface area contributed by atoms with E-state index >= 15 is 0 Å². The molecule has 0 fully saturated rings. The monoisotopic (exact) mass is 188 g/mol. The van der Waals surface area contributed by atoms with Crippen LogP contribution in [0.3, 0.4) is 0 Å². The average Bonchev–Trinajstić information content (AvgIpc) is 2.06. The van der Waals surface area contributed by atoms with Crippen LogP contribution >= 0.6 is 0 Å². The van der Waals surface area contributed by atoms with Crippen LogP contribution in [-0.2, 0) is 0 Å². The van der Waals surface area contributed by atoms with Gasteiger partial charge in [0.25, 0.3) is 0 Å². The van der Waals surface area contributed by atoms with Crippen molar-refractivity contribution in [2.75, 3.05) is 26.2 Å². The molecule has 0 bridgehead atoms. The summed E-state index contributed by atoms with van der Waals surface area (Å²) in [5.41, 5.74) is 22.5. The van der Waals surface area contributed by atoms with E-state index < -0.39 is 0 Å². The molecule has 0 amide bonds. The molecule has 0 rings (SSSR count). The minimum atomic E-state index is 0.201. The van der Waals surface area contributed by atoms with E-state index in [9.17, 15) is 0 Å². The molecule has 8 N–H and O–H groups in total. The van der Waals surface area contributed by atoms with E-state index in [0.29, 0.717) is 26.2 Å². The standard InChI is InChI=1S/C9H24N4/c10-5-1-9(2-6-11,3-7-12)4-8-13/h1-8,10-13H2. The van der Waals surface area contributed by atoms with Crippen molar-refractivity contribution in [3.05, 3.63) is 0 Å². The van der Waals surface area contributed by atoms with Gasteiger partial charge < -0.3 is 22.9 Å². The highest BCUT2D eigenvalue weighted by molar-refractivity contribution is 4.81. The summed E-state index contributed by atoms with van der Waals surface area (Å²) in [6.45, 7) is 2.78. The van der Waals surface area contributed by atoms with Crippen molar-refractivity contribution in [2.45, 2.75) is 25.7 Å². The highest BCUT2D eigenvalue weighted by Gasteiger charge is 2.26. The van der Waals surface area contributed by atoms with Gasteiger partial charge in [-0.1, -0.05) is 0 Å². The van der Waals surface area contributed by atoms with Gasteiger partial charge in [-0.25, -0.2) is 0 Å². The highest BCUT2D eigenvalue weighted by atomic mass is 14.6. The van der Waals surface area contributed by atoms with Gasteiger partial charge in [0.15, 0.2) is 0 Å². The fraction of sp³-hybridized carbons (Fsp3) is 1.00. The first-order valence-electron chi connectivity index (χ1n) is 5.05. The van der Waals surface area contributed by atoms with Crippen LogP contribution < -0.4 is 22.9 Å². The van der Waals surface area contributed by atoms with Gasteiger partial charge >= 0.3 is 0 Å². The molecule has 0 saturated heterocycles. The van der Waals surface area contributed by atoms with Gasteiger partial charge in [-0.05, 0) is 57.3 Å². The summed E-state index contributed by atoms with van der Waals surface area (Å²) in [6.07, 6.45) is 3.94. The van der Waals surface area contributed by atoms with E-state index in [0.717, 1.165) is 25.7 Å². The van der Waals surface area contributed by atoms with Crippen LogP contribution in [0.15, 0.2) is 0 Å². The fourth-order valence-electron chi connectivity index (χ4n) is 1.97. The lowest BCUT2D eigenvalue weighted by molar-refractivity contribution is 0.215. The Balaban J connectivity index is 4.19. The van der Waals surface area contributed by atoms with Gasteiger partial charge in [0, 0.05) is 0 Å². The Morgan fingerprint density at radius 1 is 0.538 bits per heavy atom. The van der Waals surface area contributed by atoms with E-state index in [1.165, 1.54) is 0 Å². The zero-order valence-electron chi connectivity index (χ0n) is 8.47. The minimum absolute atomic E-state index is 0.201. The Kier molecular flexibility index (Phi) is 7.17. The normalized spacial score (nSPS) is 12.0. The van der Waals surface area contributed by atoms with Crippen LogP contribution in [0.4, 0.5) is 0 Å². The second-order valence-electron chi connectivity index (χ2n) is 3.65. The molecule has 0 aliphatic heterocycles. The van der Waals surface area contributed by atoms with Crippen molar-refractivity contribution in [1.82, 2.24) is 0 Å². The smallest absolute Gasteiger partial charge is 0.00720 e. The summed E-state index contributed by atoms with van der Waals surface area (Å²) < 4.78 is 0. The van der Waals surface area contributed by atoms with Crippen LogP contribution in [0.1, 0.15) is 25.7 Å². The molecule has 0 aromatic heterocycles. The predicted molar refractivity (Wildman–Crippen MR) is 57.1 cm³/mol. The minimum Gasteiger partial charge on any atom is -0.330 e. The van der Waals surface area contributed by atoms with Gasteiger partial charge in [0.2, 0.25) is 0 Å². The molecular weight excluding hydrogens is 164 g/mol. The third kappa shape index (κ3) is 4.57. The Hall–Kier alpha value is -0.160. The van der Waals surface area contributed by atoms with Crippen LogP contribution in [-0.4, -0.2) is 26.2 Å². The van der Waals surface area contributed by atoms with Crippen molar-refractivity contribution in [3.8, 4) is 0 Å². The Morgan fingerprint density at radius 2 is 0.769 bits per heavy atom. The third-order valence-corrected chi connectivity index (χ3v) is 2.70. The lowest BCUT2D eigenvalue weighted by Crippen LogP contribution is -2.32. The van der Waals surface area contributed by atoms with Crippen LogP contribution in [0.2, 0.25) is 0 Å². The molecule has 0 heterocycles. The lowest BCUT2D eigenvalue weighted by atomic mass is 9.75. The maximum Gasteiger partial charge on any atom is -0.00720 e. The molecule has 0 aromatic carbocycles. The van der Waals surface area contributed by atoms with E-state index in [2.05, 4.69) is 0 Å². The number of hydrogen-bond acceptors (Lipinski definition) is 4. The van der Waals surface area contributed by atoms with E-state index in [-0.39, 0.29) is 5.41 Å². The van der Waals surface area contributed by atoms with E-state index in [1.807, 2.05) is 0 Å². The molecule has 0 unspecified atom stereocenters. The molecule has 0 spiro atoms. The fourth-order valence-corrected chi connectivity index (χ4v) is 1.97. The van der Waals surface area contributed by atoms with Gasteiger partial charge in [-0.2, -0.15) is 0 Å². The average molecular weight is 188 g/mol. The second kappa shape index (κ2) is 7.26. The number of rotatable bonds is 8. The molecule has 4 heteroatoms. The zero-order valence-corrected chi connectivity index (χ0v) is 8.47. The first-order valence-corrected chi connectivity index (χ1v) is 5.05. The van der Waals surface area contributed by atoms with Gasteiger partial charge in [0.1, 0.15) is 0 Å². The summed E-state index contributed by atoms with van der Waals surface area (Å²) in [4.78, 5) is 0. The maximum atomic E-state index is 5.58. The molecule has 0 aromatic rings. The molecule has 80 valence electrons. The second-order valence-corrected chi connectivity index (χ2v) is 3.65. The number of nitrogens with two attached hydrogens (primary N) is 4. The van der Waals surface area contributed by atoms with Crippen molar-refractivity contribution < 1.29 is 0 Å². The zero-order chi connectivity index (χ0) is 10.2. The lowest BCUT2D eigenvalue weighted by Gasteiger charge is -2.32. The van der Waals surface area contributed by atoms with Crippen molar-refractivity contribution in [1.29, 1.82) is 0 Å². The Labute approximate surface area is 81.0 Å². The van der Waals surface area contributed by atoms with Crippen molar-refractivity contribution >= 4 is 0 Å². The third-order valence-electron chi connectivity index (χ3n) is 2.70. The summed E-state index contributed by atoms with van der Waals surface area (Å²) in [6, 6.07) is 0. The van der Waals surface area contributed by atoms with Crippen molar-refractivity contribution in [2.24, 2.45) is 28.3 Å². The Morgan fingerprint density at radius 3 is 0.923 bits per heavy atom. The van der Waals surface area contributed by atoms with Crippen LogP contribution in [0, 0.1) is 5.41 Å². The summed E-state index contributed by atoms with van der Waals surface area (Å²) in [5.74, 6) is 0. The van der Waals surface area contributed by atoms with Gasteiger partial charge in [0.05, 0.1) is 0 Å². The first kappa shape index (κ1) is 12.8. The SMILES string of the molecule is NCCC(CCN)(CCN)CCN.